The molecule has 1 aromatic rings. The lowest BCUT2D eigenvalue weighted by Gasteiger charge is -2.04. The van der Waals surface area contributed by atoms with Gasteiger partial charge in [-0.15, -0.1) is 0 Å². The topological polar surface area (TPSA) is 41.6 Å². The number of hydrogen-bond donors (Lipinski definition) is 0. The molecule has 0 aliphatic rings. The molecule has 0 unspecified atom stereocenters. The van der Waals surface area contributed by atoms with Gasteiger partial charge in [-0.2, -0.15) is 10.4 Å². The summed E-state index contributed by atoms with van der Waals surface area (Å²) in [5, 5.41) is 13.5. The summed E-state index contributed by atoms with van der Waals surface area (Å²) >= 11 is 0. The zero-order chi connectivity index (χ0) is 14.1. The van der Waals surface area contributed by atoms with E-state index < -0.39 is 0 Å². The van der Waals surface area contributed by atoms with Gasteiger partial charge in [0.05, 0.1) is 5.69 Å². The highest BCUT2D eigenvalue weighted by Gasteiger charge is 2.07. The van der Waals surface area contributed by atoms with E-state index in [0.29, 0.717) is 5.70 Å². The van der Waals surface area contributed by atoms with Gasteiger partial charge in [0.15, 0.2) is 0 Å². The van der Waals surface area contributed by atoms with E-state index in [1.54, 1.807) is 4.68 Å². The quantitative estimate of drug-likeness (QED) is 0.736. The predicted molar refractivity (Wildman–Crippen MR) is 77.1 cm³/mol. The van der Waals surface area contributed by atoms with Crippen LogP contribution >= 0.6 is 0 Å². The number of nitriles is 1. The third-order valence-electron chi connectivity index (χ3n) is 2.79. The minimum absolute atomic E-state index is 0.671. The van der Waals surface area contributed by atoms with Crippen LogP contribution in [-0.2, 0) is 0 Å². The summed E-state index contributed by atoms with van der Waals surface area (Å²) in [6.07, 6.45) is 5.16. The largest absolute Gasteiger partial charge is 0.230 e. The van der Waals surface area contributed by atoms with Crippen molar-refractivity contribution in [3.8, 4) is 6.07 Å². The molecule has 0 spiro atoms. The van der Waals surface area contributed by atoms with E-state index in [4.69, 9.17) is 0 Å². The lowest BCUT2D eigenvalue weighted by Crippen LogP contribution is -1.99. The first-order chi connectivity index (χ1) is 8.60. The summed E-state index contributed by atoms with van der Waals surface area (Å²) in [6, 6.07) is 2.25. The standard InChI is InChI=1S/C13H19N3.C2H6/c1-5-6-7-10(2)13(8-14)16-9-11(3)12(4)15-16;1-2/h9H,5-7H2,1-4H3;1-2H3. The van der Waals surface area contributed by atoms with E-state index in [9.17, 15) is 5.26 Å². The van der Waals surface area contributed by atoms with Crippen molar-refractivity contribution in [3.05, 3.63) is 23.0 Å². The molecule has 100 valence electrons. The number of aromatic nitrogens is 2. The van der Waals surface area contributed by atoms with Gasteiger partial charge in [-0.1, -0.05) is 27.2 Å². The highest BCUT2D eigenvalue weighted by Crippen LogP contribution is 2.17. The molecule has 0 aromatic carbocycles. The fraction of sp³-hybridized carbons (Fsp3) is 0.600. The van der Waals surface area contributed by atoms with Gasteiger partial charge in [-0.3, -0.25) is 0 Å². The van der Waals surface area contributed by atoms with Crippen molar-refractivity contribution in [1.29, 1.82) is 5.26 Å². The molecular weight excluding hydrogens is 222 g/mol. The lowest BCUT2D eigenvalue weighted by molar-refractivity contribution is 0.778. The molecule has 0 fully saturated rings. The highest BCUT2D eigenvalue weighted by atomic mass is 15.3. The van der Waals surface area contributed by atoms with Crippen LogP contribution in [0, 0.1) is 25.2 Å². The summed E-state index contributed by atoms with van der Waals surface area (Å²) < 4.78 is 1.70. The van der Waals surface area contributed by atoms with E-state index >= 15 is 0 Å². The van der Waals surface area contributed by atoms with E-state index in [2.05, 4.69) is 18.1 Å². The predicted octanol–water partition coefficient (Wildman–Crippen LogP) is 4.47. The van der Waals surface area contributed by atoms with Crippen molar-refractivity contribution in [1.82, 2.24) is 9.78 Å². The molecule has 0 amide bonds. The summed E-state index contributed by atoms with van der Waals surface area (Å²) in [5.41, 5.74) is 3.89. The van der Waals surface area contributed by atoms with Gasteiger partial charge in [-0.05, 0) is 44.7 Å². The van der Waals surface area contributed by atoms with Crippen molar-refractivity contribution in [2.24, 2.45) is 0 Å². The van der Waals surface area contributed by atoms with Crippen LogP contribution in [0.15, 0.2) is 11.8 Å². The monoisotopic (exact) mass is 247 g/mol. The summed E-state index contributed by atoms with van der Waals surface area (Å²) in [6.45, 7) is 12.1. The minimum atomic E-state index is 0.671. The van der Waals surface area contributed by atoms with Gasteiger partial charge in [0.1, 0.15) is 11.8 Å². The molecule has 18 heavy (non-hydrogen) atoms. The number of nitrogens with zero attached hydrogens (tertiary/aromatic N) is 3. The number of rotatable bonds is 4. The third kappa shape index (κ3) is 4.37. The molecule has 3 heteroatoms. The Labute approximate surface area is 111 Å². The third-order valence-corrected chi connectivity index (χ3v) is 2.79. The first-order valence-electron chi connectivity index (χ1n) is 6.73. The fourth-order valence-electron chi connectivity index (χ4n) is 1.56. The molecule has 3 nitrogen and oxygen atoms in total. The Balaban J connectivity index is 0.00000137. The zero-order valence-electron chi connectivity index (χ0n) is 12.5. The fourth-order valence-corrected chi connectivity index (χ4v) is 1.56. The maximum Gasteiger partial charge on any atom is 0.140 e. The van der Waals surface area contributed by atoms with Crippen molar-refractivity contribution in [2.75, 3.05) is 0 Å². The maximum atomic E-state index is 9.18. The maximum absolute atomic E-state index is 9.18. The van der Waals surface area contributed by atoms with Crippen LogP contribution in [0.3, 0.4) is 0 Å². The summed E-state index contributed by atoms with van der Waals surface area (Å²) in [7, 11) is 0. The Morgan fingerprint density at radius 2 is 2.00 bits per heavy atom. The SMILES string of the molecule is CC.CCCCC(C)=C(C#N)n1cc(C)c(C)n1. The second kappa shape index (κ2) is 8.52. The van der Waals surface area contributed by atoms with Gasteiger partial charge in [0.2, 0.25) is 0 Å². The summed E-state index contributed by atoms with van der Waals surface area (Å²) in [4.78, 5) is 0. The number of allylic oxidation sites excluding steroid dienone is 2. The van der Waals surface area contributed by atoms with Crippen LogP contribution in [0.2, 0.25) is 0 Å². The molecule has 0 atom stereocenters. The molecule has 0 aliphatic heterocycles. The van der Waals surface area contributed by atoms with Gasteiger partial charge in [-0.25, -0.2) is 4.68 Å². The molecular formula is C15H25N3. The molecule has 0 bridgehead atoms. The first-order valence-corrected chi connectivity index (χ1v) is 6.73. The van der Waals surface area contributed by atoms with Crippen LogP contribution in [0.25, 0.3) is 5.70 Å². The van der Waals surface area contributed by atoms with Crippen LogP contribution < -0.4 is 0 Å². The normalized spacial score (nSPS) is 11.2. The Morgan fingerprint density at radius 3 is 2.39 bits per heavy atom. The zero-order valence-corrected chi connectivity index (χ0v) is 12.5. The molecule has 0 aliphatic carbocycles. The molecule has 0 saturated heterocycles. The lowest BCUT2D eigenvalue weighted by atomic mass is 10.1. The summed E-state index contributed by atoms with van der Waals surface area (Å²) in [5.74, 6) is 0. The second-order valence-electron chi connectivity index (χ2n) is 4.19. The van der Waals surface area contributed by atoms with Crippen molar-refractivity contribution in [2.45, 2.75) is 60.8 Å². The Hall–Kier alpha value is -1.56. The van der Waals surface area contributed by atoms with Crippen LogP contribution in [0.4, 0.5) is 0 Å². The average molecular weight is 247 g/mol. The number of unbranched alkanes of at least 4 members (excludes halogenated alkanes) is 1. The van der Waals surface area contributed by atoms with Gasteiger partial charge in [0.25, 0.3) is 0 Å². The smallest absolute Gasteiger partial charge is 0.140 e. The second-order valence-corrected chi connectivity index (χ2v) is 4.19. The molecule has 1 heterocycles. The molecule has 0 N–H and O–H groups in total. The first kappa shape index (κ1) is 16.4. The minimum Gasteiger partial charge on any atom is -0.230 e. The van der Waals surface area contributed by atoms with Crippen molar-refractivity contribution >= 4 is 5.70 Å². The molecule has 1 rings (SSSR count). The van der Waals surface area contributed by atoms with Crippen LogP contribution in [-0.4, -0.2) is 9.78 Å². The van der Waals surface area contributed by atoms with Crippen LogP contribution in [0.5, 0.6) is 0 Å². The Morgan fingerprint density at radius 1 is 1.39 bits per heavy atom. The average Bonchev–Trinajstić information content (AvgIpc) is 2.70. The van der Waals surface area contributed by atoms with Crippen LogP contribution in [0.1, 0.15) is 58.2 Å². The van der Waals surface area contributed by atoms with Crippen molar-refractivity contribution < 1.29 is 0 Å². The molecule has 1 aromatic heterocycles. The van der Waals surface area contributed by atoms with Gasteiger partial charge in [0, 0.05) is 6.20 Å². The Kier molecular flexibility index (Phi) is 7.78. The Bertz CT molecular complexity index is 414. The van der Waals surface area contributed by atoms with Crippen molar-refractivity contribution in [3.63, 3.8) is 0 Å². The molecule has 0 radical (unpaired) electrons. The van der Waals surface area contributed by atoms with Gasteiger partial charge < -0.3 is 0 Å². The highest BCUT2D eigenvalue weighted by molar-refractivity contribution is 5.63. The van der Waals surface area contributed by atoms with E-state index in [1.807, 2.05) is 40.8 Å². The molecule has 0 saturated carbocycles. The van der Waals surface area contributed by atoms with E-state index in [0.717, 1.165) is 36.1 Å². The van der Waals surface area contributed by atoms with E-state index in [1.165, 1.54) is 0 Å². The van der Waals surface area contributed by atoms with E-state index in [-0.39, 0.29) is 0 Å². The van der Waals surface area contributed by atoms with Gasteiger partial charge >= 0.3 is 0 Å². The number of aryl methyl sites for hydroxylation is 2. The number of hydrogen-bond acceptors (Lipinski definition) is 2.